The minimum absolute atomic E-state index is 0.0668. The van der Waals surface area contributed by atoms with Crippen LogP contribution in [0, 0.1) is 5.92 Å². The number of ether oxygens (including phenoxy) is 2. The summed E-state index contributed by atoms with van der Waals surface area (Å²) in [6.07, 6.45) is 0. The molecule has 160 valence electrons. The Morgan fingerprint density at radius 1 is 1.17 bits per heavy atom. The highest BCUT2D eigenvalue weighted by Gasteiger charge is 2.42. The number of nitrogens with one attached hydrogen (secondary N) is 1. The standard InChI is InChI=1S/C20H21ClN2O6S/c1-12-11-30(26,27)23(20(12)25)14-5-6-16(21)15(9-14)19(24)22-10-13-4-7-17(28-2)18(8-13)29-3/h4-9,12H,10-11H2,1-3H3,(H,22,24). The molecule has 0 aliphatic carbocycles. The lowest BCUT2D eigenvalue weighted by atomic mass is 10.1. The Balaban J connectivity index is 1.82. The van der Waals surface area contributed by atoms with Crippen molar-refractivity contribution in [1.29, 1.82) is 0 Å². The topological polar surface area (TPSA) is 102 Å². The minimum Gasteiger partial charge on any atom is -0.493 e. The second kappa shape index (κ2) is 8.53. The highest BCUT2D eigenvalue weighted by molar-refractivity contribution is 7.94. The third kappa shape index (κ3) is 4.22. The molecule has 1 N–H and O–H groups in total. The van der Waals surface area contributed by atoms with E-state index in [4.69, 9.17) is 21.1 Å². The molecule has 1 fully saturated rings. The number of halogens is 1. The number of sulfonamides is 1. The smallest absolute Gasteiger partial charge is 0.253 e. The third-order valence-electron chi connectivity index (χ3n) is 4.69. The zero-order chi connectivity index (χ0) is 22.1. The lowest BCUT2D eigenvalue weighted by Crippen LogP contribution is -2.31. The molecule has 0 aromatic heterocycles. The van der Waals surface area contributed by atoms with Crippen LogP contribution in [0.4, 0.5) is 5.69 Å². The van der Waals surface area contributed by atoms with Gasteiger partial charge >= 0.3 is 0 Å². The molecular formula is C20H21ClN2O6S. The van der Waals surface area contributed by atoms with Crippen LogP contribution in [0.1, 0.15) is 22.8 Å². The Kier molecular flexibility index (Phi) is 6.23. The number of hydrogen-bond acceptors (Lipinski definition) is 6. The summed E-state index contributed by atoms with van der Waals surface area (Å²) in [5.41, 5.74) is 0.918. The number of carbonyl (C=O) groups excluding carboxylic acids is 2. The number of hydrogen-bond donors (Lipinski definition) is 1. The van der Waals surface area contributed by atoms with Crippen molar-refractivity contribution in [2.45, 2.75) is 13.5 Å². The van der Waals surface area contributed by atoms with Gasteiger partial charge in [-0.2, -0.15) is 0 Å². The van der Waals surface area contributed by atoms with Crippen molar-refractivity contribution in [3.63, 3.8) is 0 Å². The van der Waals surface area contributed by atoms with Crippen LogP contribution in [0.15, 0.2) is 36.4 Å². The zero-order valence-corrected chi connectivity index (χ0v) is 18.2. The van der Waals surface area contributed by atoms with Gasteiger partial charge in [0, 0.05) is 6.54 Å². The highest BCUT2D eigenvalue weighted by atomic mass is 35.5. The number of nitrogens with zero attached hydrogens (tertiary/aromatic N) is 1. The molecule has 30 heavy (non-hydrogen) atoms. The first kappa shape index (κ1) is 21.9. The van der Waals surface area contributed by atoms with Crippen molar-refractivity contribution in [2.24, 2.45) is 5.92 Å². The Bertz CT molecular complexity index is 1100. The lowest BCUT2D eigenvalue weighted by Gasteiger charge is -2.17. The van der Waals surface area contributed by atoms with E-state index in [1.165, 1.54) is 32.4 Å². The van der Waals surface area contributed by atoms with E-state index >= 15 is 0 Å². The molecule has 1 heterocycles. The van der Waals surface area contributed by atoms with Crippen LogP contribution in [0.2, 0.25) is 5.02 Å². The van der Waals surface area contributed by atoms with Crippen molar-refractivity contribution in [3.8, 4) is 11.5 Å². The SMILES string of the molecule is COc1ccc(CNC(=O)c2cc(N3C(=O)C(C)CS3(=O)=O)ccc2Cl)cc1OC. The number of carbonyl (C=O) groups is 2. The van der Waals surface area contributed by atoms with E-state index in [-0.39, 0.29) is 28.6 Å². The molecule has 0 bridgehead atoms. The van der Waals surface area contributed by atoms with Crippen LogP contribution in [0.3, 0.4) is 0 Å². The van der Waals surface area contributed by atoms with Gasteiger partial charge in [-0.25, -0.2) is 12.7 Å². The first-order valence-electron chi connectivity index (χ1n) is 9.03. The third-order valence-corrected chi connectivity index (χ3v) is 6.89. The molecule has 1 unspecified atom stereocenters. The van der Waals surface area contributed by atoms with Gasteiger partial charge in [0.05, 0.1) is 42.2 Å². The van der Waals surface area contributed by atoms with E-state index < -0.39 is 27.8 Å². The quantitative estimate of drug-likeness (QED) is 0.722. The first-order chi connectivity index (χ1) is 14.2. The summed E-state index contributed by atoms with van der Waals surface area (Å²) >= 11 is 6.15. The molecule has 1 saturated heterocycles. The van der Waals surface area contributed by atoms with Gasteiger partial charge in [-0.3, -0.25) is 9.59 Å². The van der Waals surface area contributed by atoms with Gasteiger partial charge in [0.2, 0.25) is 15.9 Å². The number of amides is 2. The van der Waals surface area contributed by atoms with Gasteiger partial charge in [-0.05, 0) is 35.9 Å². The van der Waals surface area contributed by atoms with Crippen molar-refractivity contribution in [1.82, 2.24) is 5.32 Å². The fourth-order valence-corrected chi connectivity index (χ4v) is 5.18. The van der Waals surface area contributed by atoms with Crippen LogP contribution in [0.5, 0.6) is 11.5 Å². The van der Waals surface area contributed by atoms with Gasteiger partial charge in [0.15, 0.2) is 11.5 Å². The Labute approximate surface area is 179 Å². The highest BCUT2D eigenvalue weighted by Crippen LogP contribution is 2.31. The summed E-state index contributed by atoms with van der Waals surface area (Å²) in [7, 11) is -0.738. The molecule has 1 aliphatic rings. The van der Waals surface area contributed by atoms with E-state index in [0.29, 0.717) is 11.5 Å². The number of benzene rings is 2. The molecule has 8 nitrogen and oxygen atoms in total. The molecule has 10 heteroatoms. The van der Waals surface area contributed by atoms with E-state index in [1.54, 1.807) is 25.1 Å². The summed E-state index contributed by atoms with van der Waals surface area (Å²) in [6.45, 7) is 1.73. The van der Waals surface area contributed by atoms with Gasteiger partial charge in [-0.1, -0.05) is 24.6 Å². The molecule has 0 radical (unpaired) electrons. The predicted octanol–water partition coefficient (Wildman–Crippen LogP) is 2.60. The summed E-state index contributed by atoms with van der Waals surface area (Å²) < 4.78 is 35.8. The predicted molar refractivity (Wildman–Crippen MR) is 113 cm³/mol. The molecule has 1 atom stereocenters. The summed E-state index contributed by atoms with van der Waals surface area (Å²) in [5.74, 6) is -0.865. The molecule has 2 aromatic carbocycles. The van der Waals surface area contributed by atoms with Gasteiger partial charge < -0.3 is 14.8 Å². The lowest BCUT2D eigenvalue weighted by molar-refractivity contribution is -0.119. The summed E-state index contributed by atoms with van der Waals surface area (Å²) in [4.78, 5) is 25.0. The number of anilines is 1. The van der Waals surface area contributed by atoms with Crippen LogP contribution < -0.4 is 19.1 Å². The molecule has 2 aromatic rings. The van der Waals surface area contributed by atoms with Crippen molar-refractivity contribution >= 4 is 39.1 Å². The van der Waals surface area contributed by atoms with Gasteiger partial charge in [0.1, 0.15) is 0 Å². The van der Waals surface area contributed by atoms with E-state index in [0.717, 1.165) is 9.87 Å². The second-order valence-electron chi connectivity index (χ2n) is 6.82. The molecule has 0 saturated carbocycles. The van der Waals surface area contributed by atoms with Crippen LogP contribution in [-0.2, 0) is 21.4 Å². The average molecular weight is 453 g/mol. The fourth-order valence-electron chi connectivity index (χ4n) is 3.17. The first-order valence-corrected chi connectivity index (χ1v) is 11.0. The Morgan fingerprint density at radius 2 is 1.87 bits per heavy atom. The summed E-state index contributed by atoms with van der Waals surface area (Å²) in [5, 5.41) is 2.87. The molecule has 1 aliphatic heterocycles. The van der Waals surface area contributed by atoms with Crippen LogP contribution >= 0.6 is 11.6 Å². The Morgan fingerprint density at radius 3 is 2.47 bits per heavy atom. The molecular weight excluding hydrogens is 432 g/mol. The number of methoxy groups -OCH3 is 2. The average Bonchev–Trinajstić information content (AvgIpc) is 2.93. The minimum atomic E-state index is -3.78. The van der Waals surface area contributed by atoms with E-state index in [9.17, 15) is 18.0 Å². The van der Waals surface area contributed by atoms with Crippen LogP contribution in [0.25, 0.3) is 0 Å². The van der Waals surface area contributed by atoms with Gasteiger partial charge in [-0.15, -0.1) is 0 Å². The van der Waals surface area contributed by atoms with Crippen LogP contribution in [-0.4, -0.2) is 40.2 Å². The maximum Gasteiger partial charge on any atom is 0.253 e. The maximum atomic E-state index is 12.7. The number of rotatable bonds is 6. The zero-order valence-electron chi connectivity index (χ0n) is 16.6. The van der Waals surface area contributed by atoms with Crippen molar-refractivity contribution < 1.29 is 27.5 Å². The van der Waals surface area contributed by atoms with E-state index in [1.807, 2.05) is 0 Å². The largest absolute Gasteiger partial charge is 0.493 e. The Hall–Kier alpha value is -2.78. The monoisotopic (exact) mass is 452 g/mol. The van der Waals surface area contributed by atoms with E-state index in [2.05, 4.69) is 5.32 Å². The molecule has 0 spiro atoms. The fraction of sp³-hybridized carbons (Fsp3) is 0.300. The normalized spacial score (nSPS) is 17.7. The molecule has 3 rings (SSSR count). The summed E-state index contributed by atoms with van der Waals surface area (Å²) in [6, 6.07) is 9.33. The van der Waals surface area contributed by atoms with Gasteiger partial charge in [0.25, 0.3) is 5.91 Å². The molecule has 2 amide bonds. The van der Waals surface area contributed by atoms with Crippen molar-refractivity contribution in [3.05, 3.63) is 52.5 Å². The maximum absolute atomic E-state index is 12.7. The second-order valence-corrected chi connectivity index (χ2v) is 9.09. The van der Waals surface area contributed by atoms with Crippen molar-refractivity contribution in [2.75, 3.05) is 24.3 Å².